The smallest absolute Gasteiger partial charge is 0.223 e. The molecule has 2 aliphatic carbocycles. The van der Waals surface area contributed by atoms with Gasteiger partial charge in [0.05, 0.1) is 6.10 Å². The monoisotopic (exact) mass is 296 g/mol. The van der Waals surface area contributed by atoms with Gasteiger partial charge in [0, 0.05) is 25.1 Å². The molecule has 0 unspecified atom stereocenters. The fourth-order valence-electron chi connectivity index (χ4n) is 3.46. The third-order valence-corrected chi connectivity index (χ3v) is 5.08. The summed E-state index contributed by atoms with van der Waals surface area (Å²) in [5, 5.41) is 3.07. The van der Waals surface area contributed by atoms with Gasteiger partial charge in [-0.1, -0.05) is 6.92 Å². The fraction of sp³-hybridized carbons (Fsp3) is 0.941. The van der Waals surface area contributed by atoms with Crippen LogP contribution in [0.25, 0.3) is 0 Å². The molecule has 2 rings (SSSR count). The Morgan fingerprint density at radius 2 is 1.76 bits per heavy atom. The molecule has 0 aromatic heterocycles. The number of carbonyl (C=O) groups excluding carboxylic acids is 1. The molecule has 0 saturated heterocycles. The first-order valence-electron chi connectivity index (χ1n) is 8.80. The van der Waals surface area contributed by atoms with Crippen LogP contribution in [0, 0.1) is 11.8 Å². The van der Waals surface area contributed by atoms with Gasteiger partial charge in [-0.05, 0) is 63.7 Å². The highest BCUT2D eigenvalue weighted by atomic mass is 16.5. The number of hydrogen-bond donors (Lipinski definition) is 2. The van der Waals surface area contributed by atoms with Crippen LogP contribution in [-0.2, 0) is 9.53 Å². The van der Waals surface area contributed by atoms with E-state index in [2.05, 4.69) is 12.2 Å². The zero-order valence-electron chi connectivity index (χ0n) is 13.5. The maximum absolute atomic E-state index is 12.0. The number of amides is 1. The molecule has 2 saturated carbocycles. The maximum Gasteiger partial charge on any atom is 0.223 e. The quantitative estimate of drug-likeness (QED) is 0.741. The van der Waals surface area contributed by atoms with E-state index < -0.39 is 0 Å². The molecule has 4 nitrogen and oxygen atoms in total. The Kier molecular flexibility index (Phi) is 6.97. The first-order valence-corrected chi connectivity index (χ1v) is 8.80. The molecule has 0 radical (unpaired) electrons. The molecule has 3 N–H and O–H groups in total. The molecule has 0 bridgehead atoms. The molecule has 0 spiro atoms. The highest BCUT2D eigenvalue weighted by molar-refractivity contribution is 5.78. The molecule has 0 aliphatic heterocycles. The summed E-state index contributed by atoms with van der Waals surface area (Å²) in [5.41, 5.74) is 5.88. The van der Waals surface area contributed by atoms with Gasteiger partial charge in [-0.3, -0.25) is 4.79 Å². The molecule has 0 aromatic carbocycles. The van der Waals surface area contributed by atoms with E-state index in [1.807, 2.05) is 0 Å². The standard InChI is InChI=1S/C17H32N2O2/c1-13-3-5-14(6-4-13)17(20)19-11-2-12-21-16-9-7-15(18)8-10-16/h13-16H,2-12,18H2,1H3,(H,19,20). The molecular formula is C17H32N2O2. The Labute approximate surface area is 129 Å². The Morgan fingerprint density at radius 3 is 2.43 bits per heavy atom. The van der Waals surface area contributed by atoms with E-state index in [9.17, 15) is 4.79 Å². The lowest BCUT2D eigenvalue weighted by Crippen LogP contribution is -2.34. The van der Waals surface area contributed by atoms with Crippen molar-refractivity contribution in [2.24, 2.45) is 17.6 Å². The topological polar surface area (TPSA) is 64.3 Å². The van der Waals surface area contributed by atoms with Gasteiger partial charge in [0.1, 0.15) is 0 Å². The zero-order chi connectivity index (χ0) is 15.1. The van der Waals surface area contributed by atoms with Gasteiger partial charge < -0.3 is 15.8 Å². The van der Waals surface area contributed by atoms with Gasteiger partial charge in [-0.15, -0.1) is 0 Å². The van der Waals surface area contributed by atoms with Crippen molar-refractivity contribution in [2.75, 3.05) is 13.2 Å². The lowest BCUT2D eigenvalue weighted by atomic mass is 9.82. The first-order chi connectivity index (χ1) is 10.1. The number of rotatable bonds is 6. The Hall–Kier alpha value is -0.610. The van der Waals surface area contributed by atoms with Crippen LogP contribution in [0.15, 0.2) is 0 Å². The van der Waals surface area contributed by atoms with Crippen molar-refractivity contribution in [3.05, 3.63) is 0 Å². The fourth-order valence-corrected chi connectivity index (χ4v) is 3.46. The second-order valence-corrected chi connectivity index (χ2v) is 7.01. The second-order valence-electron chi connectivity index (χ2n) is 7.01. The van der Waals surface area contributed by atoms with Crippen molar-refractivity contribution in [3.63, 3.8) is 0 Å². The van der Waals surface area contributed by atoms with Crippen molar-refractivity contribution >= 4 is 5.91 Å². The Morgan fingerprint density at radius 1 is 1.10 bits per heavy atom. The van der Waals surface area contributed by atoms with Crippen LogP contribution in [0.5, 0.6) is 0 Å². The van der Waals surface area contributed by atoms with Gasteiger partial charge in [-0.25, -0.2) is 0 Å². The summed E-state index contributed by atoms with van der Waals surface area (Å²) < 4.78 is 5.87. The van der Waals surface area contributed by atoms with E-state index in [1.165, 1.54) is 12.8 Å². The van der Waals surface area contributed by atoms with Gasteiger partial charge >= 0.3 is 0 Å². The van der Waals surface area contributed by atoms with Crippen molar-refractivity contribution in [1.82, 2.24) is 5.32 Å². The highest BCUT2D eigenvalue weighted by Gasteiger charge is 2.24. The lowest BCUT2D eigenvalue weighted by molar-refractivity contribution is -0.126. The molecule has 2 fully saturated rings. The Bertz CT molecular complexity index is 306. The van der Waals surface area contributed by atoms with Crippen LogP contribution in [0.2, 0.25) is 0 Å². The number of hydrogen-bond acceptors (Lipinski definition) is 3. The van der Waals surface area contributed by atoms with E-state index in [0.717, 1.165) is 64.0 Å². The third-order valence-electron chi connectivity index (χ3n) is 5.08. The number of nitrogens with one attached hydrogen (secondary N) is 1. The molecule has 0 aromatic rings. The molecule has 1 amide bonds. The average molecular weight is 296 g/mol. The van der Waals surface area contributed by atoms with Gasteiger partial charge in [-0.2, -0.15) is 0 Å². The normalized spacial score (nSPS) is 33.6. The summed E-state index contributed by atoms with van der Waals surface area (Å²) >= 11 is 0. The zero-order valence-corrected chi connectivity index (χ0v) is 13.5. The van der Waals surface area contributed by atoms with E-state index in [1.54, 1.807) is 0 Å². The maximum atomic E-state index is 12.0. The largest absolute Gasteiger partial charge is 0.378 e. The predicted molar refractivity (Wildman–Crippen MR) is 84.9 cm³/mol. The van der Waals surface area contributed by atoms with E-state index in [-0.39, 0.29) is 11.8 Å². The van der Waals surface area contributed by atoms with Crippen molar-refractivity contribution in [2.45, 2.75) is 76.9 Å². The van der Waals surface area contributed by atoms with Crippen LogP contribution in [0.4, 0.5) is 0 Å². The van der Waals surface area contributed by atoms with Gasteiger partial charge in [0.2, 0.25) is 5.91 Å². The van der Waals surface area contributed by atoms with Crippen molar-refractivity contribution in [3.8, 4) is 0 Å². The lowest BCUT2D eigenvalue weighted by Gasteiger charge is -2.26. The highest BCUT2D eigenvalue weighted by Crippen LogP contribution is 2.28. The minimum Gasteiger partial charge on any atom is -0.378 e. The van der Waals surface area contributed by atoms with E-state index >= 15 is 0 Å². The minimum absolute atomic E-state index is 0.252. The minimum atomic E-state index is 0.252. The predicted octanol–water partition coefficient (Wildman–Crippen LogP) is 2.61. The van der Waals surface area contributed by atoms with Crippen molar-refractivity contribution < 1.29 is 9.53 Å². The molecule has 0 heterocycles. The SMILES string of the molecule is CC1CCC(C(=O)NCCCOC2CCC(N)CC2)CC1. The van der Waals surface area contributed by atoms with Crippen LogP contribution in [0.3, 0.4) is 0 Å². The van der Waals surface area contributed by atoms with Gasteiger partial charge in [0.25, 0.3) is 0 Å². The third kappa shape index (κ3) is 5.95. The molecular weight excluding hydrogens is 264 g/mol. The summed E-state index contributed by atoms with van der Waals surface area (Å²) in [6, 6.07) is 0.377. The Balaban J connectivity index is 1.48. The van der Waals surface area contributed by atoms with Gasteiger partial charge in [0.15, 0.2) is 0 Å². The summed E-state index contributed by atoms with van der Waals surface area (Å²) in [6.07, 6.45) is 10.2. The summed E-state index contributed by atoms with van der Waals surface area (Å²) in [4.78, 5) is 12.0. The van der Waals surface area contributed by atoms with Crippen LogP contribution in [0.1, 0.15) is 64.7 Å². The molecule has 122 valence electrons. The summed E-state index contributed by atoms with van der Waals surface area (Å²) in [6.45, 7) is 3.78. The average Bonchev–Trinajstić information content (AvgIpc) is 2.49. The second kappa shape index (κ2) is 8.74. The molecule has 21 heavy (non-hydrogen) atoms. The molecule has 0 atom stereocenters. The first kappa shape index (κ1) is 16.8. The van der Waals surface area contributed by atoms with Crippen LogP contribution < -0.4 is 11.1 Å². The number of ether oxygens (including phenoxy) is 1. The molecule has 2 aliphatic rings. The van der Waals surface area contributed by atoms with E-state index in [0.29, 0.717) is 12.1 Å². The van der Waals surface area contributed by atoms with Crippen LogP contribution in [-0.4, -0.2) is 31.2 Å². The van der Waals surface area contributed by atoms with Crippen molar-refractivity contribution in [1.29, 1.82) is 0 Å². The summed E-state index contributed by atoms with van der Waals surface area (Å²) in [7, 11) is 0. The van der Waals surface area contributed by atoms with E-state index in [4.69, 9.17) is 10.5 Å². The number of nitrogens with two attached hydrogens (primary N) is 1. The number of carbonyl (C=O) groups is 1. The molecule has 4 heteroatoms. The van der Waals surface area contributed by atoms with Crippen LogP contribution >= 0.6 is 0 Å². The summed E-state index contributed by atoms with van der Waals surface area (Å²) in [5.74, 6) is 1.30.